The van der Waals surface area contributed by atoms with Crippen LogP contribution in [0.5, 0.6) is 0 Å². The third-order valence-electron chi connectivity index (χ3n) is 4.12. The number of amides is 1. The van der Waals surface area contributed by atoms with Crippen LogP contribution >= 0.6 is 11.6 Å². The molecule has 1 unspecified atom stereocenters. The summed E-state index contributed by atoms with van der Waals surface area (Å²) in [5.74, 6) is -0.483. The number of halogens is 2. The van der Waals surface area contributed by atoms with E-state index in [0.29, 0.717) is 23.0 Å². The van der Waals surface area contributed by atoms with Gasteiger partial charge in [-0.05, 0) is 54.2 Å². The van der Waals surface area contributed by atoms with Crippen molar-refractivity contribution in [1.29, 1.82) is 0 Å². The molecule has 1 saturated carbocycles. The topological polar surface area (TPSA) is 55.1 Å². The number of rotatable bonds is 5. The van der Waals surface area contributed by atoms with Gasteiger partial charge in [0.25, 0.3) is 5.91 Å². The van der Waals surface area contributed by atoms with Crippen LogP contribution in [-0.2, 0) is 0 Å². The average molecular weight is 333 g/mol. The first-order valence-electron chi connectivity index (χ1n) is 7.64. The van der Waals surface area contributed by atoms with Gasteiger partial charge < -0.3 is 11.1 Å². The lowest BCUT2D eigenvalue weighted by Crippen LogP contribution is -2.38. The van der Waals surface area contributed by atoms with Crippen molar-refractivity contribution in [2.75, 3.05) is 6.54 Å². The Kier molecular flexibility index (Phi) is 4.64. The molecule has 1 amide bonds. The van der Waals surface area contributed by atoms with Crippen LogP contribution in [0.15, 0.2) is 42.5 Å². The Morgan fingerprint density at radius 1 is 1.22 bits per heavy atom. The van der Waals surface area contributed by atoms with Crippen molar-refractivity contribution in [3.8, 4) is 11.1 Å². The van der Waals surface area contributed by atoms with E-state index >= 15 is 0 Å². The predicted octanol–water partition coefficient (Wildman–Crippen LogP) is 3.61. The van der Waals surface area contributed by atoms with Crippen LogP contribution in [0, 0.1) is 11.7 Å². The maximum Gasteiger partial charge on any atom is 0.254 e. The first kappa shape index (κ1) is 16.0. The van der Waals surface area contributed by atoms with E-state index in [1.54, 1.807) is 18.2 Å². The van der Waals surface area contributed by atoms with Crippen molar-refractivity contribution in [3.05, 3.63) is 58.9 Å². The van der Waals surface area contributed by atoms with Crippen LogP contribution in [-0.4, -0.2) is 18.5 Å². The van der Waals surface area contributed by atoms with Gasteiger partial charge in [-0.1, -0.05) is 29.8 Å². The molecule has 3 N–H and O–H groups in total. The highest BCUT2D eigenvalue weighted by molar-refractivity contribution is 6.30. The van der Waals surface area contributed by atoms with Crippen molar-refractivity contribution in [2.45, 2.75) is 18.9 Å². The third kappa shape index (κ3) is 3.89. The van der Waals surface area contributed by atoms with Crippen molar-refractivity contribution in [2.24, 2.45) is 11.7 Å². The normalized spacial score (nSPS) is 15.3. The molecule has 5 heteroatoms. The number of hydrogen-bond acceptors (Lipinski definition) is 2. The Morgan fingerprint density at radius 2 is 1.87 bits per heavy atom. The highest BCUT2D eigenvalue weighted by Gasteiger charge is 2.28. The van der Waals surface area contributed by atoms with Gasteiger partial charge >= 0.3 is 0 Å². The Labute approximate surface area is 139 Å². The molecule has 2 aromatic carbocycles. The molecule has 0 bridgehead atoms. The molecule has 1 atom stereocenters. The van der Waals surface area contributed by atoms with Crippen LogP contribution in [0.25, 0.3) is 11.1 Å². The van der Waals surface area contributed by atoms with Gasteiger partial charge in [0.2, 0.25) is 0 Å². The van der Waals surface area contributed by atoms with Crippen molar-refractivity contribution < 1.29 is 9.18 Å². The molecule has 120 valence electrons. The molecule has 1 aliphatic rings. The first-order chi connectivity index (χ1) is 11.0. The van der Waals surface area contributed by atoms with Crippen molar-refractivity contribution >= 4 is 17.5 Å². The minimum absolute atomic E-state index is 0.0331. The molecule has 0 heterocycles. The average Bonchev–Trinajstić information content (AvgIpc) is 3.38. The molecule has 0 aliphatic heterocycles. The zero-order chi connectivity index (χ0) is 16.4. The van der Waals surface area contributed by atoms with Crippen LogP contribution in [0.1, 0.15) is 23.2 Å². The van der Waals surface area contributed by atoms with Crippen LogP contribution in [0.2, 0.25) is 5.02 Å². The largest absolute Gasteiger partial charge is 0.350 e. The number of hydrogen-bond donors (Lipinski definition) is 2. The van der Waals surface area contributed by atoms with Gasteiger partial charge in [0, 0.05) is 17.6 Å². The van der Waals surface area contributed by atoms with Gasteiger partial charge in [0.15, 0.2) is 0 Å². The summed E-state index contributed by atoms with van der Waals surface area (Å²) in [6, 6.07) is 11.6. The first-order valence-corrected chi connectivity index (χ1v) is 8.01. The molecule has 1 fully saturated rings. The summed E-state index contributed by atoms with van der Waals surface area (Å²) in [5, 5.41) is 3.33. The highest BCUT2D eigenvalue weighted by atomic mass is 35.5. The maximum atomic E-state index is 14.2. The standard InChI is InChI=1S/C18H18ClFN2O/c19-14-6-3-11(4-7-14)13-5-8-15(16(20)9-13)18(23)22-10-17(21)12-1-2-12/h3-9,12,17H,1-2,10,21H2,(H,22,23). The van der Waals surface area contributed by atoms with E-state index in [2.05, 4.69) is 5.32 Å². The zero-order valence-electron chi connectivity index (χ0n) is 12.6. The number of benzene rings is 2. The Bertz CT molecular complexity index is 713. The van der Waals surface area contributed by atoms with Gasteiger partial charge in [0.1, 0.15) is 5.82 Å². The van der Waals surface area contributed by atoms with Crippen LogP contribution in [0.4, 0.5) is 4.39 Å². The lowest BCUT2D eigenvalue weighted by Gasteiger charge is -2.12. The minimum Gasteiger partial charge on any atom is -0.350 e. The number of carbonyl (C=O) groups excluding carboxylic acids is 1. The van der Waals surface area contributed by atoms with Gasteiger partial charge in [-0.3, -0.25) is 4.79 Å². The van der Waals surface area contributed by atoms with Crippen molar-refractivity contribution in [1.82, 2.24) is 5.32 Å². The fourth-order valence-electron chi connectivity index (χ4n) is 2.52. The number of nitrogens with one attached hydrogen (secondary N) is 1. The maximum absolute atomic E-state index is 14.2. The molecule has 0 aromatic heterocycles. The molecule has 0 saturated heterocycles. The van der Waals surface area contributed by atoms with Gasteiger partial charge in [0.05, 0.1) is 5.56 Å². The molecule has 1 aliphatic carbocycles. The summed E-state index contributed by atoms with van der Waals surface area (Å²) in [7, 11) is 0. The molecule has 0 radical (unpaired) electrons. The lowest BCUT2D eigenvalue weighted by atomic mass is 10.0. The summed E-state index contributed by atoms with van der Waals surface area (Å²) in [4.78, 5) is 12.1. The predicted molar refractivity (Wildman–Crippen MR) is 89.9 cm³/mol. The summed E-state index contributed by atoms with van der Waals surface area (Å²) >= 11 is 5.85. The lowest BCUT2D eigenvalue weighted by molar-refractivity contribution is 0.0946. The van der Waals surface area contributed by atoms with E-state index in [4.69, 9.17) is 17.3 Å². The van der Waals surface area contributed by atoms with E-state index in [1.807, 2.05) is 12.1 Å². The second-order valence-corrected chi connectivity index (χ2v) is 6.35. The zero-order valence-corrected chi connectivity index (χ0v) is 13.3. The van der Waals surface area contributed by atoms with E-state index in [9.17, 15) is 9.18 Å². The van der Waals surface area contributed by atoms with Gasteiger partial charge in [-0.2, -0.15) is 0 Å². The van der Waals surface area contributed by atoms with Crippen LogP contribution in [0.3, 0.4) is 0 Å². The second-order valence-electron chi connectivity index (χ2n) is 5.91. The van der Waals surface area contributed by atoms with E-state index in [-0.39, 0.29) is 11.6 Å². The van der Waals surface area contributed by atoms with E-state index in [1.165, 1.54) is 12.1 Å². The highest BCUT2D eigenvalue weighted by Crippen LogP contribution is 2.31. The smallest absolute Gasteiger partial charge is 0.254 e. The Hall–Kier alpha value is -1.91. The molecule has 23 heavy (non-hydrogen) atoms. The summed E-state index contributed by atoms with van der Waals surface area (Å²) in [6.07, 6.45) is 2.22. The Balaban J connectivity index is 1.70. The molecule has 3 nitrogen and oxygen atoms in total. The monoisotopic (exact) mass is 332 g/mol. The SMILES string of the molecule is NC(CNC(=O)c1ccc(-c2ccc(Cl)cc2)cc1F)C1CC1. The second kappa shape index (κ2) is 6.69. The fraction of sp³-hybridized carbons (Fsp3) is 0.278. The van der Waals surface area contributed by atoms with E-state index in [0.717, 1.165) is 18.4 Å². The summed E-state index contributed by atoms with van der Waals surface area (Å²) in [5.41, 5.74) is 7.51. The Morgan fingerprint density at radius 3 is 2.48 bits per heavy atom. The van der Waals surface area contributed by atoms with E-state index < -0.39 is 11.7 Å². The van der Waals surface area contributed by atoms with Gasteiger partial charge in [-0.25, -0.2) is 4.39 Å². The molecule has 0 spiro atoms. The third-order valence-corrected chi connectivity index (χ3v) is 4.37. The molecular formula is C18H18ClFN2O. The van der Waals surface area contributed by atoms with Crippen molar-refractivity contribution in [3.63, 3.8) is 0 Å². The molecule has 2 aromatic rings. The number of nitrogens with two attached hydrogens (primary N) is 1. The summed E-state index contributed by atoms with van der Waals surface area (Å²) < 4.78 is 14.2. The minimum atomic E-state index is -0.546. The van der Waals surface area contributed by atoms with Crippen LogP contribution < -0.4 is 11.1 Å². The van der Waals surface area contributed by atoms with Gasteiger partial charge in [-0.15, -0.1) is 0 Å². The fourth-order valence-corrected chi connectivity index (χ4v) is 2.64. The molecular weight excluding hydrogens is 315 g/mol. The number of carbonyl (C=O) groups is 1. The summed E-state index contributed by atoms with van der Waals surface area (Å²) in [6.45, 7) is 0.377. The molecule has 3 rings (SSSR count). The quantitative estimate of drug-likeness (QED) is 0.878.